The van der Waals surface area contributed by atoms with Crippen LogP contribution in [-0.4, -0.2) is 78.4 Å². The number of hydrogen-bond donors (Lipinski definition) is 0. The van der Waals surface area contributed by atoms with Crippen LogP contribution in [-0.2, 0) is 18.9 Å². The first-order valence-electron chi connectivity index (χ1n) is 6.22. The maximum Gasteiger partial charge on any atom is 0.0701 e. The fourth-order valence-electron chi connectivity index (χ4n) is 1.06. The smallest absolute Gasteiger partial charge is 0.0701 e. The van der Waals surface area contributed by atoms with E-state index in [9.17, 15) is 0 Å². The third-order valence-electron chi connectivity index (χ3n) is 2.33. The van der Waals surface area contributed by atoms with E-state index < -0.39 is 0 Å². The van der Waals surface area contributed by atoms with Crippen molar-refractivity contribution < 1.29 is 18.9 Å². The van der Waals surface area contributed by atoms with Crippen LogP contribution in [0.1, 0.15) is 6.92 Å². The monoisotopic (exact) mass is 249 g/mol. The van der Waals surface area contributed by atoms with Gasteiger partial charge in [0.15, 0.2) is 0 Å². The molecule has 0 aliphatic rings. The molecule has 0 heterocycles. The van der Waals surface area contributed by atoms with Gasteiger partial charge in [0.05, 0.1) is 46.2 Å². The van der Waals surface area contributed by atoms with E-state index in [1.165, 1.54) is 0 Å². The van der Waals surface area contributed by atoms with Gasteiger partial charge in [0, 0.05) is 13.7 Å². The molecular weight excluding hydrogens is 222 g/mol. The van der Waals surface area contributed by atoms with Crippen LogP contribution in [0.5, 0.6) is 0 Å². The Kier molecular flexibility index (Phi) is 13.7. The highest BCUT2D eigenvalue weighted by Crippen LogP contribution is 1.84. The Morgan fingerprint density at radius 3 is 1.71 bits per heavy atom. The van der Waals surface area contributed by atoms with E-state index in [0.29, 0.717) is 39.6 Å². The van der Waals surface area contributed by atoms with E-state index in [-0.39, 0.29) is 0 Å². The molecule has 0 aromatic heterocycles. The van der Waals surface area contributed by atoms with Crippen molar-refractivity contribution in [3.63, 3.8) is 0 Å². The SMILES string of the molecule is CCN(C)CCOCCOCCOCCOC. The van der Waals surface area contributed by atoms with Crippen LogP contribution in [0.2, 0.25) is 0 Å². The second-order valence-corrected chi connectivity index (χ2v) is 3.73. The molecule has 0 aromatic carbocycles. The van der Waals surface area contributed by atoms with Gasteiger partial charge in [-0.05, 0) is 13.6 Å². The van der Waals surface area contributed by atoms with Crippen molar-refractivity contribution in [1.29, 1.82) is 0 Å². The van der Waals surface area contributed by atoms with Crippen LogP contribution in [0.25, 0.3) is 0 Å². The summed E-state index contributed by atoms with van der Waals surface area (Å²) in [7, 11) is 3.74. The predicted octanol–water partition coefficient (Wildman–Crippen LogP) is 0.634. The van der Waals surface area contributed by atoms with E-state index in [4.69, 9.17) is 18.9 Å². The quantitative estimate of drug-likeness (QED) is 0.448. The summed E-state index contributed by atoms with van der Waals surface area (Å²) in [6.07, 6.45) is 0. The number of ether oxygens (including phenoxy) is 4. The van der Waals surface area contributed by atoms with Crippen LogP contribution < -0.4 is 0 Å². The molecule has 17 heavy (non-hydrogen) atoms. The second-order valence-electron chi connectivity index (χ2n) is 3.73. The standard InChI is InChI=1S/C12H27NO4/c1-4-13(2)5-6-15-9-10-17-12-11-16-8-7-14-3/h4-12H2,1-3H3. The van der Waals surface area contributed by atoms with Crippen LogP contribution in [0, 0.1) is 0 Å². The van der Waals surface area contributed by atoms with Crippen molar-refractivity contribution in [2.45, 2.75) is 6.92 Å². The molecule has 0 atom stereocenters. The van der Waals surface area contributed by atoms with Crippen LogP contribution in [0.15, 0.2) is 0 Å². The van der Waals surface area contributed by atoms with Crippen molar-refractivity contribution in [3.05, 3.63) is 0 Å². The summed E-state index contributed by atoms with van der Waals surface area (Å²) in [5.41, 5.74) is 0. The number of methoxy groups -OCH3 is 1. The highest BCUT2D eigenvalue weighted by molar-refractivity contribution is 4.44. The number of hydrogen-bond acceptors (Lipinski definition) is 5. The molecule has 0 saturated carbocycles. The molecule has 0 aromatic rings. The average Bonchev–Trinajstić information content (AvgIpc) is 2.35. The minimum atomic E-state index is 0.613. The van der Waals surface area contributed by atoms with Crippen molar-refractivity contribution in [3.8, 4) is 0 Å². The Hall–Kier alpha value is -0.200. The molecule has 0 saturated heterocycles. The normalized spacial score (nSPS) is 11.3. The minimum absolute atomic E-state index is 0.613. The predicted molar refractivity (Wildman–Crippen MR) is 67.5 cm³/mol. The fourth-order valence-corrected chi connectivity index (χ4v) is 1.06. The Morgan fingerprint density at radius 2 is 1.24 bits per heavy atom. The van der Waals surface area contributed by atoms with Gasteiger partial charge in [0.25, 0.3) is 0 Å². The number of nitrogens with zero attached hydrogens (tertiary/aromatic N) is 1. The van der Waals surface area contributed by atoms with Gasteiger partial charge in [-0.25, -0.2) is 0 Å². The highest BCUT2D eigenvalue weighted by atomic mass is 16.6. The summed E-state index contributed by atoms with van der Waals surface area (Å²) in [5, 5.41) is 0. The lowest BCUT2D eigenvalue weighted by molar-refractivity contribution is 0.00183. The van der Waals surface area contributed by atoms with Crippen molar-refractivity contribution in [2.75, 3.05) is 73.5 Å². The van der Waals surface area contributed by atoms with E-state index in [2.05, 4.69) is 18.9 Å². The van der Waals surface area contributed by atoms with Gasteiger partial charge in [-0.2, -0.15) is 0 Å². The minimum Gasteiger partial charge on any atom is -0.382 e. The second kappa shape index (κ2) is 13.9. The van der Waals surface area contributed by atoms with Gasteiger partial charge in [0.1, 0.15) is 0 Å². The van der Waals surface area contributed by atoms with E-state index in [0.717, 1.165) is 19.7 Å². The van der Waals surface area contributed by atoms with Crippen molar-refractivity contribution in [2.24, 2.45) is 0 Å². The Balaban J connectivity index is 2.94. The number of rotatable bonds is 13. The lowest BCUT2D eigenvalue weighted by atomic mass is 10.5. The zero-order valence-electron chi connectivity index (χ0n) is 11.4. The highest BCUT2D eigenvalue weighted by Gasteiger charge is 1.94. The number of likely N-dealkylation sites (N-methyl/N-ethyl adjacent to an activating group) is 1. The van der Waals surface area contributed by atoms with Crippen molar-refractivity contribution >= 4 is 0 Å². The van der Waals surface area contributed by atoms with E-state index in [1.54, 1.807) is 7.11 Å². The molecule has 0 radical (unpaired) electrons. The first-order chi connectivity index (χ1) is 8.31. The molecule has 0 aliphatic carbocycles. The summed E-state index contributed by atoms with van der Waals surface area (Å²) in [5.74, 6) is 0. The van der Waals surface area contributed by atoms with Crippen LogP contribution in [0.3, 0.4) is 0 Å². The summed E-state index contributed by atoms with van der Waals surface area (Å²) in [6, 6.07) is 0. The van der Waals surface area contributed by atoms with Crippen LogP contribution >= 0.6 is 0 Å². The first kappa shape index (κ1) is 16.8. The molecule has 0 rings (SSSR count). The van der Waals surface area contributed by atoms with Crippen molar-refractivity contribution in [1.82, 2.24) is 4.90 Å². The Labute approximate surface area is 105 Å². The maximum atomic E-state index is 5.42. The molecule has 0 N–H and O–H groups in total. The lowest BCUT2D eigenvalue weighted by Crippen LogP contribution is -2.23. The molecule has 0 amide bonds. The Bertz CT molecular complexity index is 146. The molecule has 0 unspecified atom stereocenters. The molecule has 5 nitrogen and oxygen atoms in total. The van der Waals surface area contributed by atoms with E-state index >= 15 is 0 Å². The molecule has 5 heteroatoms. The third kappa shape index (κ3) is 13.7. The molecule has 0 bridgehead atoms. The van der Waals surface area contributed by atoms with E-state index in [1.807, 2.05) is 0 Å². The molecule has 104 valence electrons. The topological polar surface area (TPSA) is 40.2 Å². The van der Waals surface area contributed by atoms with Gasteiger partial charge in [-0.1, -0.05) is 6.92 Å². The fraction of sp³-hybridized carbons (Fsp3) is 1.00. The molecule has 0 fully saturated rings. The van der Waals surface area contributed by atoms with Gasteiger partial charge in [0.2, 0.25) is 0 Å². The summed E-state index contributed by atoms with van der Waals surface area (Å²) < 4.78 is 20.9. The van der Waals surface area contributed by atoms with Gasteiger partial charge < -0.3 is 23.8 Å². The molecular formula is C12H27NO4. The summed E-state index contributed by atoms with van der Waals surface area (Å²) in [6.45, 7) is 8.68. The van der Waals surface area contributed by atoms with Gasteiger partial charge >= 0.3 is 0 Å². The maximum absolute atomic E-state index is 5.42. The summed E-state index contributed by atoms with van der Waals surface area (Å²) >= 11 is 0. The third-order valence-corrected chi connectivity index (χ3v) is 2.33. The summed E-state index contributed by atoms with van der Waals surface area (Å²) in [4.78, 5) is 2.21. The van der Waals surface area contributed by atoms with Gasteiger partial charge in [-0.15, -0.1) is 0 Å². The molecule has 0 spiro atoms. The van der Waals surface area contributed by atoms with Crippen LogP contribution in [0.4, 0.5) is 0 Å². The Morgan fingerprint density at radius 1 is 0.765 bits per heavy atom. The largest absolute Gasteiger partial charge is 0.382 e. The average molecular weight is 249 g/mol. The first-order valence-corrected chi connectivity index (χ1v) is 6.22. The lowest BCUT2D eigenvalue weighted by Gasteiger charge is -2.13. The zero-order chi connectivity index (χ0) is 12.8. The molecule has 0 aliphatic heterocycles. The van der Waals surface area contributed by atoms with Gasteiger partial charge in [-0.3, -0.25) is 0 Å². The zero-order valence-corrected chi connectivity index (χ0v) is 11.4.